The molecule has 0 aromatic carbocycles. The third-order valence-electron chi connectivity index (χ3n) is 3.51. The van der Waals surface area contributed by atoms with Crippen molar-refractivity contribution in [1.82, 2.24) is 0 Å². The molecular formula is C15H33BrN+. The average Bonchev–Trinajstić information content (AvgIpc) is 2.28. The van der Waals surface area contributed by atoms with Crippen molar-refractivity contribution in [3.8, 4) is 0 Å². The van der Waals surface area contributed by atoms with Crippen LogP contribution in [0, 0.1) is 0 Å². The van der Waals surface area contributed by atoms with Crippen LogP contribution in [0.25, 0.3) is 0 Å². The zero-order valence-corrected chi connectivity index (χ0v) is 13.9. The summed E-state index contributed by atoms with van der Waals surface area (Å²) in [7, 11) is 4.76. The second kappa shape index (κ2) is 11.5. The molecule has 0 amide bonds. The minimum absolute atomic E-state index is 1.16. The standard InChI is InChI=1S/C15H33BrN/c1-4-5-6-7-8-9-11-14-17(2,3)15-12-10-13-16/h4-15H2,1-3H3/q+1. The second-order valence-electron chi connectivity index (χ2n) is 5.90. The summed E-state index contributed by atoms with van der Waals surface area (Å²) in [6.45, 7) is 4.98. The van der Waals surface area contributed by atoms with Crippen LogP contribution in [0.3, 0.4) is 0 Å². The van der Waals surface area contributed by atoms with Crippen LogP contribution in [0.5, 0.6) is 0 Å². The van der Waals surface area contributed by atoms with Crippen LogP contribution >= 0.6 is 15.9 Å². The van der Waals surface area contributed by atoms with Crippen molar-refractivity contribution in [3.63, 3.8) is 0 Å². The molecule has 0 aromatic heterocycles. The zero-order chi connectivity index (χ0) is 13.0. The molecule has 0 N–H and O–H groups in total. The summed E-state index contributed by atoms with van der Waals surface area (Å²) in [6.07, 6.45) is 12.6. The number of quaternary nitrogens is 1. The molecule has 104 valence electrons. The predicted molar refractivity (Wildman–Crippen MR) is 82.9 cm³/mol. The van der Waals surface area contributed by atoms with Gasteiger partial charge in [0.25, 0.3) is 0 Å². The minimum atomic E-state index is 1.16. The molecule has 0 spiro atoms. The van der Waals surface area contributed by atoms with E-state index in [1.54, 1.807) is 0 Å². The van der Waals surface area contributed by atoms with Crippen LogP contribution in [0.15, 0.2) is 0 Å². The number of unbranched alkanes of at least 4 members (excludes halogenated alkanes) is 7. The monoisotopic (exact) mass is 306 g/mol. The fourth-order valence-corrected chi connectivity index (χ4v) is 2.64. The molecule has 0 radical (unpaired) electrons. The van der Waals surface area contributed by atoms with Gasteiger partial charge in [0.1, 0.15) is 0 Å². The molecule has 17 heavy (non-hydrogen) atoms. The van der Waals surface area contributed by atoms with Gasteiger partial charge in [0.15, 0.2) is 0 Å². The highest BCUT2D eigenvalue weighted by Gasteiger charge is 2.13. The molecule has 0 rings (SSSR count). The van der Waals surface area contributed by atoms with Gasteiger partial charge in [-0.2, -0.15) is 0 Å². The van der Waals surface area contributed by atoms with Crippen molar-refractivity contribution in [2.24, 2.45) is 0 Å². The van der Waals surface area contributed by atoms with Crippen molar-refractivity contribution in [2.45, 2.75) is 64.7 Å². The van der Waals surface area contributed by atoms with Crippen LogP contribution in [0.1, 0.15) is 64.7 Å². The molecule has 0 aromatic rings. The highest BCUT2D eigenvalue weighted by atomic mass is 79.9. The Balaban J connectivity index is 3.32. The number of nitrogens with zero attached hydrogens (tertiary/aromatic N) is 1. The van der Waals surface area contributed by atoms with Gasteiger partial charge < -0.3 is 4.48 Å². The predicted octanol–water partition coefficient (Wildman–Crippen LogP) is 4.99. The van der Waals surface area contributed by atoms with E-state index in [2.05, 4.69) is 36.9 Å². The third-order valence-corrected chi connectivity index (χ3v) is 4.07. The van der Waals surface area contributed by atoms with Gasteiger partial charge in [0.05, 0.1) is 27.2 Å². The molecule has 0 aliphatic carbocycles. The fourth-order valence-electron chi connectivity index (χ4n) is 2.24. The van der Waals surface area contributed by atoms with Gasteiger partial charge in [-0.05, 0) is 25.7 Å². The molecule has 0 fully saturated rings. The van der Waals surface area contributed by atoms with E-state index >= 15 is 0 Å². The van der Waals surface area contributed by atoms with Gasteiger partial charge in [-0.15, -0.1) is 0 Å². The van der Waals surface area contributed by atoms with E-state index < -0.39 is 0 Å². The molecule has 0 bridgehead atoms. The minimum Gasteiger partial charge on any atom is -0.328 e. The van der Waals surface area contributed by atoms with Crippen LogP contribution in [0.4, 0.5) is 0 Å². The van der Waals surface area contributed by atoms with E-state index in [1.807, 2.05) is 0 Å². The molecule has 0 heterocycles. The highest BCUT2D eigenvalue weighted by molar-refractivity contribution is 9.09. The smallest absolute Gasteiger partial charge is 0.0782 e. The van der Waals surface area contributed by atoms with E-state index in [9.17, 15) is 0 Å². The lowest BCUT2D eigenvalue weighted by molar-refractivity contribution is -0.890. The Labute approximate surface area is 118 Å². The summed E-state index contributed by atoms with van der Waals surface area (Å²) in [4.78, 5) is 0. The Hall–Kier alpha value is 0.440. The van der Waals surface area contributed by atoms with Crippen LogP contribution in [-0.2, 0) is 0 Å². The van der Waals surface area contributed by atoms with Gasteiger partial charge in [0.2, 0.25) is 0 Å². The molecule has 0 saturated heterocycles. The first-order valence-electron chi connectivity index (χ1n) is 7.50. The number of rotatable bonds is 12. The molecule has 0 aliphatic heterocycles. The summed E-state index contributed by atoms with van der Waals surface area (Å²) in [5, 5.41) is 1.16. The lowest BCUT2D eigenvalue weighted by Gasteiger charge is -2.29. The number of alkyl halides is 1. The van der Waals surface area contributed by atoms with Gasteiger partial charge in [0, 0.05) is 5.33 Å². The normalized spacial score (nSPS) is 12.0. The lowest BCUT2D eigenvalue weighted by atomic mass is 10.1. The molecule has 0 saturated carbocycles. The van der Waals surface area contributed by atoms with E-state index in [4.69, 9.17) is 0 Å². The van der Waals surface area contributed by atoms with Crippen LogP contribution in [-0.4, -0.2) is 37.0 Å². The Morgan fingerprint density at radius 1 is 0.706 bits per heavy atom. The third kappa shape index (κ3) is 12.7. The van der Waals surface area contributed by atoms with Crippen molar-refractivity contribution >= 4 is 15.9 Å². The Bertz CT molecular complexity index is 157. The SMILES string of the molecule is CCCCCCCCC[N+](C)(C)CCCCBr. The van der Waals surface area contributed by atoms with Crippen molar-refractivity contribution in [3.05, 3.63) is 0 Å². The van der Waals surface area contributed by atoms with E-state index in [1.165, 1.54) is 75.4 Å². The van der Waals surface area contributed by atoms with E-state index in [0.29, 0.717) is 0 Å². The first kappa shape index (κ1) is 17.4. The Kier molecular flexibility index (Phi) is 11.8. The number of hydrogen-bond donors (Lipinski definition) is 0. The Morgan fingerprint density at radius 3 is 1.71 bits per heavy atom. The fraction of sp³-hybridized carbons (Fsp3) is 1.00. The molecule has 0 aliphatic rings. The second-order valence-corrected chi connectivity index (χ2v) is 6.69. The van der Waals surface area contributed by atoms with Crippen molar-refractivity contribution < 1.29 is 4.48 Å². The van der Waals surface area contributed by atoms with Gasteiger partial charge in [-0.25, -0.2) is 0 Å². The van der Waals surface area contributed by atoms with Gasteiger partial charge in [-0.1, -0.05) is 55.0 Å². The van der Waals surface area contributed by atoms with Crippen LogP contribution in [0.2, 0.25) is 0 Å². The summed E-state index contributed by atoms with van der Waals surface area (Å²) in [5.74, 6) is 0. The van der Waals surface area contributed by atoms with E-state index in [-0.39, 0.29) is 0 Å². The highest BCUT2D eigenvalue weighted by Crippen LogP contribution is 2.10. The summed E-state index contributed by atoms with van der Waals surface area (Å²) in [6, 6.07) is 0. The van der Waals surface area contributed by atoms with E-state index in [0.717, 1.165) is 5.33 Å². The number of halogens is 1. The Morgan fingerprint density at radius 2 is 1.18 bits per heavy atom. The first-order chi connectivity index (χ1) is 8.12. The molecular weight excluding hydrogens is 274 g/mol. The summed E-state index contributed by atoms with van der Waals surface area (Å²) >= 11 is 3.50. The summed E-state index contributed by atoms with van der Waals surface area (Å²) < 4.78 is 1.21. The maximum Gasteiger partial charge on any atom is 0.0782 e. The molecule has 0 atom stereocenters. The van der Waals surface area contributed by atoms with Crippen molar-refractivity contribution in [2.75, 3.05) is 32.5 Å². The molecule has 2 heteroatoms. The summed E-state index contributed by atoms with van der Waals surface area (Å²) in [5.41, 5.74) is 0. The lowest BCUT2D eigenvalue weighted by Crippen LogP contribution is -2.41. The maximum absolute atomic E-state index is 3.50. The largest absolute Gasteiger partial charge is 0.328 e. The maximum atomic E-state index is 3.50. The van der Waals surface area contributed by atoms with Crippen molar-refractivity contribution in [1.29, 1.82) is 0 Å². The molecule has 0 unspecified atom stereocenters. The topological polar surface area (TPSA) is 0 Å². The molecule has 1 nitrogen and oxygen atoms in total. The van der Waals surface area contributed by atoms with Gasteiger partial charge in [-0.3, -0.25) is 0 Å². The first-order valence-corrected chi connectivity index (χ1v) is 8.62. The number of hydrogen-bond acceptors (Lipinski definition) is 0. The quantitative estimate of drug-likeness (QED) is 0.271. The van der Waals surface area contributed by atoms with Gasteiger partial charge >= 0.3 is 0 Å². The zero-order valence-electron chi connectivity index (χ0n) is 12.3. The average molecular weight is 307 g/mol. The van der Waals surface area contributed by atoms with Crippen LogP contribution < -0.4 is 0 Å².